The molecule has 3 fully saturated rings. The molecule has 3 aliphatic rings. The van der Waals surface area contributed by atoms with Crippen LogP contribution in [-0.2, 0) is 10.0 Å². The maximum atomic E-state index is 13.2. The van der Waals surface area contributed by atoms with Crippen molar-refractivity contribution in [3.8, 4) is 0 Å². The fourth-order valence-electron chi connectivity index (χ4n) is 4.17. The maximum Gasteiger partial charge on any atom is 0.243 e. The highest BCUT2D eigenvalue weighted by Crippen LogP contribution is 2.32. The van der Waals surface area contributed by atoms with E-state index < -0.39 is 10.0 Å². The van der Waals surface area contributed by atoms with E-state index in [2.05, 4.69) is 11.9 Å². The van der Waals surface area contributed by atoms with Crippen molar-refractivity contribution in [1.29, 1.82) is 0 Å². The summed E-state index contributed by atoms with van der Waals surface area (Å²) in [6, 6.07) is 4.30. The van der Waals surface area contributed by atoms with Crippen LogP contribution in [0.4, 0.5) is 0 Å². The molecule has 2 bridgehead atoms. The minimum absolute atomic E-state index is 0.361. The molecule has 0 saturated carbocycles. The molecule has 2 atom stereocenters. The number of piperidine rings is 1. The Balaban J connectivity index is 2.00. The van der Waals surface area contributed by atoms with E-state index >= 15 is 0 Å². The smallest absolute Gasteiger partial charge is 0.243 e. The van der Waals surface area contributed by atoms with Gasteiger partial charge in [0.1, 0.15) is 0 Å². The van der Waals surface area contributed by atoms with Crippen LogP contribution in [0.25, 0.3) is 0 Å². The van der Waals surface area contributed by atoms with Crippen molar-refractivity contribution in [2.75, 3.05) is 26.7 Å². The van der Waals surface area contributed by atoms with Crippen LogP contribution in [0.2, 0.25) is 0 Å². The highest BCUT2D eigenvalue weighted by atomic mass is 32.2. The molecule has 1 aromatic carbocycles. The molecule has 0 N–H and O–H groups in total. The Kier molecular flexibility index (Phi) is 4.08. The fourth-order valence-corrected chi connectivity index (χ4v) is 6.14. The first-order valence-corrected chi connectivity index (χ1v) is 9.51. The number of benzene rings is 1. The Labute approximate surface area is 134 Å². The number of nitrogens with zero attached hydrogens (tertiary/aromatic N) is 2. The van der Waals surface area contributed by atoms with E-state index in [4.69, 9.17) is 0 Å². The van der Waals surface area contributed by atoms with Crippen LogP contribution >= 0.6 is 0 Å². The maximum absolute atomic E-state index is 13.2. The molecule has 4 nitrogen and oxygen atoms in total. The molecule has 3 aliphatic heterocycles. The average Bonchev–Trinajstić information content (AvgIpc) is 2.68. The standard InChI is InChI=1S/C17H26N2O2S/c1-12-7-13(2)17(14(3)8-12)22(20,21)19-10-15-5-6-16(11-19)18(4)9-15/h7-8,15-16H,5-6,9-11H2,1-4H3/t15-,16-/m0/s1. The molecule has 3 saturated heterocycles. The second kappa shape index (κ2) is 5.62. The predicted molar refractivity (Wildman–Crippen MR) is 88.6 cm³/mol. The Morgan fingerprint density at radius 1 is 1.00 bits per heavy atom. The molecule has 3 heterocycles. The molecular formula is C17H26N2O2S. The quantitative estimate of drug-likeness (QED) is 0.839. The van der Waals surface area contributed by atoms with Crippen LogP contribution < -0.4 is 0 Å². The van der Waals surface area contributed by atoms with Gasteiger partial charge in [0, 0.05) is 25.7 Å². The van der Waals surface area contributed by atoms with Crippen LogP contribution in [-0.4, -0.2) is 50.3 Å². The summed E-state index contributed by atoms with van der Waals surface area (Å²) in [6.07, 6.45) is 2.26. The summed E-state index contributed by atoms with van der Waals surface area (Å²) in [7, 11) is -1.29. The van der Waals surface area contributed by atoms with Crippen molar-refractivity contribution in [2.45, 2.75) is 44.6 Å². The Morgan fingerprint density at radius 2 is 1.64 bits per heavy atom. The number of fused-ring (bicyclic) bond motifs is 4. The predicted octanol–water partition coefficient (Wildman–Crippen LogP) is 2.33. The third-order valence-corrected chi connectivity index (χ3v) is 7.29. The van der Waals surface area contributed by atoms with Gasteiger partial charge in [0.25, 0.3) is 0 Å². The van der Waals surface area contributed by atoms with Gasteiger partial charge in [0.2, 0.25) is 10.0 Å². The van der Waals surface area contributed by atoms with Crippen LogP contribution in [0, 0.1) is 26.7 Å². The largest absolute Gasteiger partial charge is 0.302 e. The summed E-state index contributed by atoms with van der Waals surface area (Å²) in [5.41, 5.74) is 2.84. The van der Waals surface area contributed by atoms with E-state index in [1.165, 1.54) is 0 Å². The number of hydrogen-bond acceptors (Lipinski definition) is 3. The van der Waals surface area contributed by atoms with Crippen molar-refractivity contribution in [2.24, 2.45) is 5.92 Å². The first kappa shape index (κ1) is 16.0. The minimum atomic E-state index is -3.41. The third kappa shape index (κ3) is 2.70. The molecule has 0 aromatic heterocycles. The van der Waals surface area contributed by atoms with E-state index in [0.717, 1.165) is 36.1 Å². The van der Waals surface area contributed by atoms with Crippen molar-refractivity contribution < 1.29 is 8.42 Å². The van der Waals surface area contributed by atoms with Gasteiger partial charge in [0.15, 0.2) is 0 Å². The lowest BCUT2D eigenvalue weighted by Gasteiger charge is -2.32. The van der Waals surface area contributed by atoms with E-state index in [-0.39, 0.29) is 0 Å². The third-order valence-electron chi connectivity index (χ3n) is 5.16. The molecule has 0 unspecified atom stereocenters. The number of aryl methyl sites for hydroxylation is 3. The van der Waals surface area contributed by atoms with Gasteiger partial charge in [-0.15, -0.1) is 0 Å². The summed E-state index contributed by atoms with van der Waals surface area (Å²) < 4.78 is 28.2. The van der Waals surface area contributed by atoms with Gasteiger partial charge in [-0.2, -0.15) is 4.31 Å². The summed E-state index contributed by atoms with van der Waals surface area (Å²) in [4.78, 5) is 2.85. The summed E-state index contributed by atoms with van der Waals surface area (Å²) >= 11 is 0. The summed E-state index contributed by atoms with van der Waals surface area (Å²) in [5, 5.41) is 0. The molecule has 0 amide bonds. The van der Waals surface area contributed by atoms with Gasteiger partial charge >= 0.3 is 0 Å². The summed E-state index contributed by atoms with van der Waals surface area (Å²) in [6.45, 7) is 8.13. The zero-order valence-electron chi connectivity index (χ0n) is 14.0. The van der Waals surface area contributed by atoms with Crippen molar-refractivity contribution >= 4 is 10.0 Å². The van der Waals surface area contributed by atoms with E-state index in [1.54, 1.807) is 4.31 Å². The second-order valence-electron chi connectivity index (χ2n) is 7.09. The first-order chi connectivity index (χ1) is 10.3. The van der Waals surface area contributed by atoms with E-state index in [9.17, 15) is 8.42 Å². The van der Waals surface area contributed by atoms with E-state index in [0.29, 0.717) is 29.9 Å². The van der Waals surface area contributed by atoms with Crippen molar-refractivity contribution in [1.82, 2.24) is 9.21 Å². The van der Waals surface area contributed by atoms with Crippen LogP contribution in [0.1, 0.15) is 29.5 Å². The Bertz CT molecular complexity index is 661. The first-order valence-electron chi connectivity index (χ1n) is 8.07. The monoisotopic (exact) mass is 322 g/mol. The van der Waals surface area contributed by atoms with E-state index in [1.807, 2.05) is 32.9 Å². The molecule has 1 aromatic rings. The highest BCUT2D eigenvalue weighted by Gasteiger charge is 2.38. The molecule has 0 aliphatic carbocycles. The van der Waals surface area contributed by atoms with Gasteiger partial charge in [-0.1, -0.05) is 17.7 Å². The highest BCUT2D eigenvalue weighted by molar-refractivity contribution is 7.89. The van der Waals surface area contributed by atoms with Gasteiger partial charge in [-0.3, -0.25) is 0 Å². The molecule has 0 radical (unpaired) electrons. The minimum Gasteiger partial charge on any atom is -0.302 e. The van der Waals surface area contributed by atoms with Gasteiger partial charge in [0.05, 0.1) is 4.90 Å². The van der Waals surface area contributed by atoms with Gasteiger partial charge in [-0.25, -0.2) is 8.42 Å². The molecule has 5 heteroatoms. The molecule has 122 valence electrons. The zero-order valence-corrected chi connectivity index (χ0v) is 14.8. The molecular weight excluding hydrogens is 296 g/mol. The van der Waals surface area contributed by atoms with Crippen LogP contribution in [0.15, 0.2) is 17.0 Å². The average molecular weight is 322 g/mol. The van der Waals surface area contributed by atoms with Crippen LogP contribution in [0.3, 0.4) is 0 Å². The number of likely N-dealkylation sites (N-methyl/N-ethyl adjacent to an activating group) is 1. The Morgan fingerprint density at radius 3 is 2.23 bits per heavy atom. The fraction of sp³-hybridized carbons (Fsp3) is 0.647. The molecule has 22 heavy (non-hydrogen) atoms. The number of hydrogen-bond donors (Lipinski definition) is 0. The van der Waals surface area contributed by atoms with Crippen LogP contribution in [0.5, 0.6) is 0 Å². The topological polar surface area (TPSA) is 40.6 Å². The zero-order chi connectivity index (χ0) is 16.1. The van der Waals surface area contributed by atoms with Crippen molar-refractivity contribution in [3.63, 3.8) is 0 Å². The van der Waals surface area contributed by atoms with Crippen molar-refractivity contribution in [3.05, 3.63) is 28.8 Å². The lowest BCUT2D eigenvalue weighted by Crippen LogP contribution is -2.42. The summed E-state index contributed by atoms with van der Waals surface area (Å²) in [5.74, 6) is 0.463. The number of sulfonamides is 1. The molecule has 0 spiro atoms. The normalized spacial score (nSPS) is 27.1. The van der Waals surface area contributed by atoms with Gasteiger partial charge in [-0.05, 0) is 57.7 Å². The SMILES string of the molecule is Cc1cc(C)c(S(=O)(=O)N2C[C@H]3CC[C@@H](C2)N(C)C3)c(C)c1. The lowest BCUT2D eigenvalue weighted by atomic mass is 9.96. The lowest BCUT2D eigenvalue weighted by molar-refractivity contribution is 0.168. The molecule has 4 rings (SSSR count). The van der Waals surface area contributed by atoms with Gasteiger partial charge < -0.3 is 4.90 Å². The Hall–Kier alpha value is -0.910. The second-order valence-corrected chi connectivity index (χ2v) is 8.96. The number of rotatable bonds is 2.